The monoisotopic (exact) mass is 498 g/mol. The van der Waals surface area contributed by atoms with E-state index >= 15 is 0 Å². The molecular formula is C19H16BrClN2O5S. The lowest BCUT2D eigenvalue weighted by molar-refractivity contribution is -0.144. The van der Waals surface area contributed by atoms with Gasteiger partial charge in [-0.1, -0.05) is 45.7 Å². The molecule has 2 rings (SSSR count). The van der Waals surface area contributed by atoms with Gasteiger partial charge in [-0.3, -0.25) is 9.59 Å². The highest BCUT2D eigenvalue weighted by molar-refractivity contribution is 9.10. The Balaban J connectivity index is 2.33. The summed E-state index contributed by atoms with van der Waals surface area (Å²) in [7, 11) is -4.14. The number of nitriles is 1. The standard InChI is InChI=1S/C19H16BrClN2O5S/c1-2-28-19(25)15(10-22)18(24)14-5-3-4-6-17(14)29(26,27)23-11-12-7-8-13(20)9-16(12)21/h3-9,15,23H,2,11H2,1H3. The fraction of sp³-hybridized carbons (Fsp3) is 0.211. The zero-order valence-corrected chi connectivity index (χ0v) is 18.3. The van der Waals surface area contributed by atoms with E-state index in [1.165, 1.54) is 31.2 Å². The average Bonchev–Trinajstić information content (AvgIpc) is 2.68. The Kier molecular flexibility index (Phi) is 7.93. The van der Waals surface area contributed by atoms with E-state index in [4.69, 9.17) is 16.3 Å². The molecule has 0 bridgehead atoms. The van der Waals surface area contributed by atoms with E-state index in [0.29, 0.717) is 10.6 Å². The third-order valence-electron chi connectivity index (χ3n) is 3.82. The Morgan fingerprint density at radius 1 is 1.28 bits per heavy atom. The van der Waals surface area contributed by atoms with E-state index in [9.17, 15) is 23.3 Å². The molecule has 0 saturated heterocycles. The summed E-state index contributed by atoms with van der Waals surface area (Å²) in [6.07, 6.45) is 0. The maximum Gasteiger partial charge on any atom is 0.331 e. The highest BCUT2D eigenvalue weighted by atomic mass is 79.9. The van der Waals surface area contributed by atoms with Gasteiger partial charge in [-0.25, -0.2) is 13.1 Å². The fourth-order valence-corrected chi connectivity index (χ4v) is 4.38. The van der Waals surface area contributed by atoms with Crippen molar-refractivity contribution in [3.63, 3.8) is 0 Å². The van der Waals surface area contributed by atoms with Crippen LogP contribution in [0.25, 0.3) is 0 Å². The van der Waals surface area contributed by atoms with Gasteiger partial charge < -0.3 is 4.74 Å². The van der Waals surface area contributed by atoms with Crippen LogP contribution in [0.5, 0.6) is 0 Å². The average molecular weight is 500 g/mol. The van der Waals surface area contributed by atoms with Crippen LogP contribution in [0, 0.1) is 17.2 Å². The Morgan fingerprint density at radius 3 is 2.59 bits per heavy atom. The minimum Gasteiger partial charge on any atom is -0.465 e. The Bertz CT molecular complexity index is 1080. The van der Waals surface area contributed by atoms with Gasteiger partial charge in [0.1, 0.15) is 0 Å². The highest BCUT2D eigenvalue weighted by Crippen LogP contribution is 2.23. The Morgan fingerprint density at radius 2 is 1.97 bits per heavy atom. The SMILES string of the molecule is CCOC(=O)C(C#N)C(=O)c1ccccc1S(=O)(=O)NCc1ccc(Br)cc1Cl. The molecule has 0 aliphatic heterocycles. The van der Waals surface area contributed by atoms with E-state index in [1.807, 2.05) is 0 Å². The summed E-state index contributed by atoms with van der Waals surface area (Å²) in [6, 6.07) is 11.9. The van der Waals surface area contributed by atoms with Gasteiger partial charge in [-0.05, 0) is 36.8 Å². The minimum atomic E-state index is -4.14. The van der Waals surface area contributed by atoms with Crippen LogP contribution in [0.3, 0.4) is 0 Å². The lowest BCUT2D eigenvalue weighted by Crippen LogP contribution is -2.29. The van der Waals surface area contributed by atoms with Crippen molar-refractivity contribution in [3.8, 4) is 6.07 Å². The van der Waals surface area contributed by atoms with E-state index in [2.05, 4.69) is 20.7 Å². The molecule has 0 radical (unpaired) electrons. The number of ether oxygens (including phenoxy) is 1. The largest absolute Gasteiger partial charge is 0.465 e. The fourth-order valence-electron chi connectivity index (χ4n) is 2.42. The molecule has 152 valence electrons. The van der Waals surface area contributed by atoms with Gasteiger partial charge >= 0.3 is 5.97 Å². The van der Waals surface area contributed by atoms with Gasteiger partial charge in [-0.2, -0.15) is 5.26 Å². The molecule has 0 aliphatic carbocycles. The summed E-state index contributed by atoms with van der Waals surface area (Å²) in [6.45, 7) is 1.41. The first-order valence-corrected chi connectivity index (χ1v) is 11.0. The van der Waals surface area contributed by atoms with E-state index in [1.54, 1.807) is 24.3 Å². The number of rotatable bonds is 8. The summed E-state index contributed by atoms with van der Waals surface area (Å²) < 4.78 is 33.4. The lowest BCUT2D eigenvalue weighted by atomic mass is 9.99. The highest BCUT2D eigenvalue weighted by Gasteiger charge is 2.32. The number of hydrogen-bond donors (Lipinski definition) is 1. The molecule has 0 aliphatic rings. The van der Waals surface area contributed by atoms with Crippen molar-refractivity contribution in [1.29, 1.82) is 5.26 Å². The van der Waals surface area contributed by atoms with Gasteiger partial charge in [-0.15, -0.1) is 0 Å². The third-order valence-corrected chi connectivity index (χ3v) is 6.13. The van der Waals surface area contributed by atoms with Gasteiger partial charge in [0.25, 0.3) is 0 Å². The summed E-state index contributed by atoms with van der Waals surface area (Å²) >= 11 is 9.37. The molecule has 0 aromatic heterocycles. The molecule has 7 nitrogen and oxygen atoms in total. The van der Waals surface area contributed by atoms with E-state index in [0.717, 1.165) is 4.47 Å². The number of Topliss-reactive ketones (excluding diaryl/α,β-unsaturated/α-hetero) is 1. The molecule has 1 unspecified atom stereocenters. The molecule has 2 aromatic carbocycles. The molecule has 0 spiro atoms. The van der Waals surface area contributed by atoms with Gasteiger partial charge in [0.15, 0.2) is 5.78 Å². The van der Waals surface area contributed by atoms with Crippen LogP contribution in [0.2, 0.25) is 5.02 Å². The van der Waals surface area contributed by atoms with Crippen LogP contribution in [-0.4, -0.2) is 26.8 Å². The number of carbonyl (C=O) groups is 2. The zero-order chi connectivity index (χ0) is 21.6. The van der Waals surface area contributed by atoms with Crippen molar-refractivity contribution in [2.75, 3.05) is 6.61 Å². The first kappa shape index (κ1) is 23.0. The molecule has 1 atom stereocenters. The molecule has 1 N–H and O–H groups in total. The van der Waals surface area contributed by atoms with Crippen LogP contribution in [0.4, 0.5) is 0 Å². The lowest BCUT2D eigenvalue weighted by Gasteiger charge is -2.13. The second-order valence-corrected chi connectivity index (χ2v) is 8.79. The number of ketones is 1. The van der Waals surface area contributed by atoms with E-state index in [-0.39, 0.29) is 23.6 Å². The number of sulfonamides is 1. The van der Waals surface area contributed by atoms with Crippen molar-refractivity contribution < 1.29 is 22.7 Å². The molecular weight excluding hydrogens is 484 g/mol. The predicted molar refractivity (Wildman–Crippen MR) is 110 cm³/mol. The van der Waals surface area contributed by atoms with Crippen LogP contribution in [0.15, 0.2) is 51.8 Å². The normalized spacial score (nSPS) is 12.1. The summed E-state index contributed by atoms with van der Waals surface area (Å²) in [5, 5.41) is 9.56. The molecule has 10 heteroatoms. The number of halogens is 2. The smallest absolute Gasteiger partial charge is 0.331 e. The van der Waals surface area contributed by atoms with Crippen LogP contribution in [0.1, 0.15) is 22.8 Å². The van der Waals surface area contributed by atoms with Crippen molar-refractivity contribution in [2.45, 2.75) is 18.4 Å². The number of carbonyl (C=O) groups excluding carboxylic acids is 2. The third kappa shape index (κ3) is 5.64. The number of nitrogens with zero attached hydrogens (tertiary/aromatic N) is 1. The zero-order valence-electron chi connectivity index (χ0n) is 15.2. The van der Waals surface area contributed by atoms with Crippen LogP contribution in [-0.2, 0) is 26.1 Å². The van der Waals surface area contributed by atoms with Crippen molar-refractivity contribution in [1.82, 2.24) is 4.72 Å². The molecule has 2 aromatic rings. The Labute approximate surface area is 181 Å². The maximum absolute atomic E-state index is 12.8. The summed E-state index contributed by atoms with van der Waals surface area (Å²) in [5.74, 6) is -3.73. The minimum absolute atomic E-state index is 0.0141. The van der Waals surface area contributed by atoms with Crippen molar-refractivity contribution in [2.24, 2.45) is 5.92 Å². The number of esters is 1. The molecule has 0 heterocycles. The second kappa shape index (κ2) is 9.98. The topological polar surface area (TPSA) is 113 Å². The number of nitrogens with one attached hydrogen (secondary N) is 1. The number of benzene rings is 2. The predicted octanol–water partition coefficient (Wildman–Crippen LogP) is 3.47. The second-order valence-electron chi connectivity index (χ2n) is 5.73. The maximum atomic E-state index is 12.8. The molecule has 29 heavy (non-hydrogen) atoms. The van der Waals surface area contributed by atoms with Gasteiger partial charge in [0, 0.05) is 21.6 Å². The van der Waals surface area contributed by atoms with Crippen molar-refractivity contribution >= 4 is 49.3 Å². The molecule has 0 amide bonds. The van der Waals surface area contributed by atoms with E-state index < -0.39 is 27.7 Å². The Hall–Kier alpha value is -2.25. The van der Waals surface area contributed by atoms with Crippen LogP contribution >= 0.6 is 27.5 Å². The molecule has 0 saturated carbocycles. The number of hydrogen-bond acceptors (Lipinski definition) is 6. The van der Waals surface area contributed by atoms with Gasteiger partial charge in [0.2, 0.25) is 15.9 Å². The molecule has 0 fully saturated rings. The summed E-state index contributed by atoms with van der Waals surface area (Å²) in [4.78, 5) is 24.2. The first-order valence-electron chi connectivity index (χ1n) is 8.34. The van der Waals surface area contributed by atoms with Crippen LogP contribution < -0.4 is 4.72 Å². The summed E-state index contributed by atoms with van der Waals surface area (Å²) in [5.41, 5.74) is 0.255. The van der Waals surface area contributed by atoms with Crippen molar-refractivity contribution in [3.05, 3.63) is 63.1 Å². The first-order chi connectivity index (χ1) is 13.7. The van der Waals surface area contributed by atoms with Gasteiger partial charge in [0.05, 0.1) is 17.6 Å². The quantitative estimate of drug-likeness (QED) is 0.338.